The van der Waals surface area contributed by atoms with E-state index in [-0.39, 0.29) is 0 Å². The third-order valence-electron chi connectivity index (χ3n) is 3.60. The van der Waals surface area contributed by atoms with Crippen molar-refractivity contribution in [3.63, 3.8) is 0 Å². The second-order valence-electron chi connectivity index (χ2n) is 5.51. The van der Waals surface area contributed by atoms with E-state index in [2.05, 4.69) is 9.47 Å². The minimum Gasteiger partial charge on any atom is -0.466 e. The molecule has 7 nitrogen and oxygen atoms in total. The Morgan fingerprint density at radius 1 is 0.821 bits per heavy atom. The molecule has 0 bridgehead atoms. The van der Waals surface area contributed by atoms with Crippen LogP contribution in [0.5, 0.6) is 0 Å². The first-order valence-electron chi connectivity index (χ1n) is 8.28. The van der Waals surface area contributed by atoms with Gasteiger partial charge >= 0.3 is 23.9 Å². The summed E-state index contributed by atoms with van der Waals surface area (Å²) in [5, 5.41) is 0. The van der Waals surface area contributed by atoms with Gasteiger partial charge in [0.25, 0.3) is 0 Å². The molecule has 0 radical (unpaired) electrons. The molecule has 0 aliphatic heterocycles. The number of hydrogen-bond donors (Lipinski definition) is 0. The Labute approximate surface area is 161 Å². The highest BCUT2D eigenvalue weighted by molar-refractivity contribution is 5.94. The summed E-state index contributed by atoms with van der Waals surface area (Å²) < 4.78 is 13.8. The average Bonchev–Trinajstić information content (AvgIpc) is 2.72. The van der Waals surface area contributed by atoms with Crippen molar-refractivity contribution in [1.82, 2.24) is 0 Å². The van der Waals surface area contributed by atoms with E-state index in [1.165, 1.54) is 0 Å². The summed E-state index contributed by atoms with van der Waals surface area (Å²) in [5.41, 5.74) is 1.31. The van der Waals surface area contributed by atoms with Crippen LogP contribution in [0, 0.1) is 0 Å². The maximum absolute atomic E-state index is 12.6. The number of carbonyl (C=O) groups excluding carboxylic acids is 4. The molecule has 2 aromatic carbocycles. The fraction of sp³-hybridized carbons (Fsp3) is 0.143. The zero-order valence-corrected chi connectivity index (χ0v) is 15.1. The molecule has 0 spiro atoms. The molecule has 28 heavy (non-hydrogen) atoms. The lowest BCUT2D eigenvalue weighted by molar-refractivity contribution is -0.166. The molecule has 0 aliphatic rings. The van der Waals surface area contributed by atoms with Crippen LogP contribution in [0.15, 0.2) is 72.8 Å². The molecule has 0 heterocycles. The van der Waals surface area contributed by atoms with Crippen LogP contribution >= 0.6 is 0 Å². The minimum absolute atomic E-state index is 0.657. The lowest BCUT2D eigenvalue weighted by Gasteiger charge is -2.16. The van der Waals surface area contributed by atoms with Crippen LogP contribution in [-0.2, 0) is 33.4 Å². The second-order valence-corrected chi connectivity index (χ2v) is 5.51. The van der Waals surface area contributed by atoms with Crippen LogP contribution in [0.3, 0.4) is 0 Å². The van der Waals surface area contributed by atoms with Crippen molar-refractivity contribution in [1.29, 1.82) is 0 Å². The summed E-state index contributed by atoms with van der Waals surface area (Å²) in [7, 11) is 1.15. The molecule has 2 aromatic rings. The largest absolute Gasteiger partial charge is 0.466 e. The third-order valence-corrected chi connectivity index (χ3v) is 3.60. The zero-order valence-electron chi connectivity index (χ0n) is 15.1. The first-order chi connectivity index (χ1) is 13.5. The predicted octanol–water partition coefficient (Wildman–Crippen LogP) is 2.16. The van der Waals surface area contributed by atoms with Gasteiger partial charge in [0.05, 0.1) is 7.11 Å². The number of hydrogen-bond acceptors (Lipinski definition) is 7. The maximum Gasteiger partial charge on any atom is 0.351 e. The molecule has 0 saturated carbocycles. The zero-order chi connectivity index (χ0) is 20.4. The number of methoxy groups -OCH3 is 1. The quantitative estimate of drug-likeness (QED) is 0.313. The predicted molar refractivity (Wildman–Crippen MR) is 97.9 cm³/mol. The van der Waals surface area contributed by atoms with E-state index in [0.29, 0.717) is 11.1 Å². The maximum atomic E-state index is 12.6. The monoisotopic (exact) mass is 382 g/mol. The highest BCUT2D eigenvalue weighted by atomic mass is 16.6. The Hall–Kier alpha value is -3.74. The Morgan fingerprint density at radius 2 is 1.32 bits per heavy atom. The van der Waals surface area contributed by atoms with Crippen molar-refractivity contribution in [2.24, 2.45) is 0 Å². The summed E-state index contributed by atoms with van der Waals surface area (Å²) in [6, 6.07) is 17.7. The van der Waals surface area contributed by atoms with Gasteiger partial charge in [0.15, 0.2) is 6.61 Å². The number of benzene rings is 2. The van der Waals surface area contributed by atoms with Crippen LogP contribution in [0.4, 0.5) is 0 Å². The normalized spacial score (nSPS) is 10.5. The summed E-state index contributed by atoms with van der Waals surface area (Å²) in [5.74, 6) is -4.31. The smallest absolute Gasteiger partial charge is 0.351 e. The number of carbonyl (C=O) groups is 4. The fourth-order valence-electron chi connectivity index (χ4n) is 2.34. The van der Waals surface area contributed by atoms with Crippen molar-refractivity contribution in [2.75, 3.05) is 13.7 Å². The Bertz CT molecular complexity index is 817. The molecule has 0 amide bonds. The molecule has 7 heteroatoms. The average molecular weight is 382 g/mol. The van der Waals surface area contributed by atoms with Gasteiger partial charge in [-0.05, 0) is 11.1 Å². The van der Waals surface area contributed by atoms with Gasteiger partial charge in [-0.1, -0.05) is 60.7 Å². The molecule has 2 rings (SSSR count). The third kappa shape index (κ3) is 6.21. The van der Waals surface area contributed by atoms with E-state index in [9.17, 15) is 19.2 Å². The lowest BCUT2D eigenvalue weighted by atomic mass is 9.91. The molecule has 144 valence electrons. The van der Waals surface area contributed by atoms with E-state index in [1.54, 1.807) is 48.5 Å². The number of ether oxygens (including phenoxy) is 3. The van der Waals surface area contributed by atoms with Gasteiger partial charge in [0.2, 0.25) is 0 Å². The lowest BCUT2D eigenvalue weighted by Crippen LogP contribution is -2.24. The highest BCUT2D eigenvalue weighted by Gasteiger charge is 2.26. The summed E-state index contributed by atoms with van der Waals surface area (Å²) in [4.78, 5) is 46.8. The fourth-order valence-corrected chi connectivity index (χ4v) is 2.34. The van der Waals surface area contributed by atoms with Gasteiger partial charge in [0, 0.05) is 12.2 Å². The molecular formula is C21H18O7. The first-order valence-corrected chi connectivity index (χ1v) is 8.28. The molecule has 0 unspecified atom stereocenters. The Balaban J connectivity index is 2.01. The van der Waals surface area contributed by atoms with Crippen molar-refractivity contribution in [3.05, 3.63) is 83.9 Å². The molecule has 0 aromatic heterocycles. The SMILES string of the molecule is COC(=O)C=CC(=O)OCC(=O)OC(=O)C(c1ccccc1)c1ccccc1. The van der Waals surface area contributed by atoms with E-state index in [4.69, 9.17) is 4.74 Å². The number of esters is 4. The van der Waals surface area contributed by atoms with Crippen molar-refractivity contribution < 1.29 is 33.4 Å². The van der Waals surface area contributed by atoms with Crippen LogP contribution in [0.2, 0.25) is 0 Å². The van der Waals surface area contributed by atoms with Gasteiger partial charge in [-0.3, -0.25) is 4.79 Å². The first kappa shape index (κ1) is 20.6. The van der Waals surface area contributed by atoms with Crippen LogP contribution in [0.25, 0.3) is 0 Å². The van der Waals surface area contributed by atoms with Gasteiger partial charge < -0.3 is 14.2 Å². The summed E-state index contributed by atoms with van der Waals surface area (Å²) in [6.45, 7) is -0.771. The van der Waals surface area contributed by atoms with E-state index in [1.807, 2.05) is 12.1 Å². The van der Waals surface area contributed by atoms with E-state index >= 15 is 0 Å². The molecule has 0 atom stereocenters. The standard InChI is InChI=1S/C21H18O7/c1-26-17(22)12-13-18(23)27-14-19(24)28-21(25)20(15-8-4-2-5-9-15)16-10-6-3-7-11-16/h2-13,20H,14H2,1H3. The van der Waals surface area contributed by atoms with Crippen molar-refractivity contribution >= 4 is 23.9 Å². The Morgan fingerprint density at radius 3 is 1.82 bits per heavy atom. The van der Waals surface area contributed by atoms with Crippen LogP contribution < -0.4 is 0 Å². The second kappa shape index (κ2) is 10.4. The Kier molecular flexibility index (Phi) is 7.65. The van der Waals surface area contributed by atoms with Crippen LogP contribution in [-0.4, -0.2) is 37.6 Å². The minimum atomic E-state index is -1.03. The van der Waals surface area contributed by atoms with Gasteiger partial charge in [0.1, 0.15) is 5.92 Å². The van der Waals surface area contributed by atoms with Gasteiger partial charge in [-0.15, -0.1) is 0 Å². The van der Waals surface area contributed by atoms with E-state index in [0.717, 1.165) is 19.3 Å². The van der Waals surface area contributed by atoms with Gasteiger partial charge in [-0.2, -0.15) is 0 Å². The summed E-state index contributed by atoms with van der Waals surface area (Å²) >= 11 is 0. The number of rotatable bonds is 7. The van der Waals surface area contributed by atoms with E-state index < -0.39 is 36.4 Å². The molecule has 0 N–H and O–H groups in total. The highest BCUT2D eigenvalue weighted by Crippen LogP contribution is 2.25. The molecular weight excluding hydrogens is 364 g/mol. The van der Waals surface area contributed by atoms with Gasteiger partial charge in [-0.25, -0.2) is 14.4 Å². The molecule has 0 saturated heterocycles. The summed E-state index contributed by atoms with van der Waals surface area (Å²) in [6.07, 6.45) is 1.65. The molecule has 0 fully saturated rings. The van der Waals surface area contributed by atoms with Crippen molar-refractivity contribution in [3.8, 4) is 0 Å². The molecule has 0 aliphatic carbocycles. The van der Waals surface area contributed by atoms with Crippen molar-refractivity contribution in [2.45, 2.75) is 5.92 Å². The van der Waals surface area contributed by atoms with Crippen LogP contribution in [0.1, 0.15) is 17.0 Å². The topological polar surface area (TPSA) is 96.0 Å².